The Morgan fingerprint density at radius 2 is 1.79 bits per heavy atom. The van der Waals surface area contributed by atoms with Crippen molar-refractivity contribution in [1.29, 1.82) is 0 Å². The van der Waals surface area contributed by atoms with Gasteiger partial charge >= 0.3 is 0 Å². The van der Waals surface area contributed by atoms with Gasteiger partial charge < -0.3 is 5.32 Å². The van der Waals surface area contributed by atoms with E-state index >= 15 is 0 Å². The molecule has 1 aliphatic heterocycles. The highest BCUT2D eigenvalue weighted by Crippen LogP contribution is 2.42. The summed E-state index contributed by atoms with van der Waals surface area (Å²) < 4.78 is 0. The van der Waals surface area contributed by atoms with E-state index in [1.165, 1.54) is 32.4 Å². The molecule has 2 fully saturated rings. The molecule has 1 saturated heterocycles. The maximum absolute atomic E-state index is 3.89. The maximum atomic E-state index is 3.89. The highest BCUT2D eigenvalue weighted by atomic mass is 15.3. The standard InChI is InChI=1S/C17H34N2/c1-12(2)9-14(5)19-11-17(6,15-7-8-15)18-10-16(19)13(3)4/h12-16,18H,7-11H2,1-6H3. The lowest BCUT2D eigenvalue weighted by Gasteiger charge is -2.50. The summed E-state index contributed by atoms with van der Waals surface area (Å²) >= 11 is 0. The van der Waals surface area contributed by atoms with Crippen LogP contribution < -0.4 is 5.32 Å². The van der Waals surface area contributed by atoms with Crippen LogP contribution in [-0.2, 0) is 0 Å². The van der Waals surface area contributed by atoms with Gasteiger partial charge in [0.15, 0.2) is 0 Å². The van der Waals surface area contributed by atoms with Crippen LogP contribution in [0.15, 0.2) is 0 Å². The molecule has 0 spiro atoms. The quantitative estimate of drug-likeness (QED) is 0.819. The summed E-state index contributed by atoms with van der Waals surface area (Å²) in [7, 11) is 0. The molecule has 19 heavy (non-hydrogen) atoms. The summed E-state index contributed by atoms with van der Waals surface area (Å²) in [5, 5.41) is 3.89. The van der Waals surface area contributed by atoms with Gasteiger partial charge in [0.05, 0.1) is 0 Å². The first-order valence-electron chi connectivity index (χ1n) is 8.34. The fraction of sp³-hybridized carbons (Fsp3) is 1.00. The minimum absolute atomic E-state index is 0.372. The van der Waals surface area contributed by atoms with Gasteiger partial charge in [-0.15, -0.1) is 0 Å². The van der Waals surface area contributed by atoms with E-state index in [0.29, 0.717) is 17.6 Å². The molecule has 0 radical (unpaired) electrons. The smallest absolute Gasteiger partial charge is 0.0309 e. The van der Waals surface area contributed by atoms with Crippen LogP contribution in [0.5, 0.6) is 0 Å². The number of hydrogen-bond acceptors (Lipinski definition) is 2. The molecule has 0 amide bonds. The largest absolute Gasteiger partial charge is 0.308 e. The highest BCUT2D eigenvalue weighted by Gasteiger charge is 2.47. The molecule has 1 aliphatic carbocycles. The van der Waals surface area contributed by atoms with E-state index in [-0.39, 0.29) is 0 Å². The van der Waals surface area contributed by atoms with E-state index in [4.69, 9.17) is 0 Å². The van der Waals surface area contributed by atoms with Crippen LogP contribution in [0.3, 0.4) is 0 Å². The zero-order chi connectivity index (χ0) is 14.2. The molecular weight excluding hydrogens is 232 g/mol. The minimum atomic E-state index is 0.372. The van der Waals surface area contributed by atoms with Crippen molar-refractivity contribution in [3.8, 4) is 0 Å². The normalized spacial score (nSPS) is 35.1. The molecule has 2 aliphatic rings. The van der Waals surface area contributed by atoms with Crippen molar-refractivity contribution in [3.05, 3.63) is 0 Å². The van der Waals surface area contributed by atoms with Crippen LogP contribution in [0.25, 0.3) is 0 Å². The first kappa shape index (κ1) is 15.3. The fourth-order valence-electron chi connectivity index (χ4n) is 3.92. The molecule has 2 nitrogen and oxygen atoms in total. The Morgan fingerprint density at radius 1 is 1.16 bits per heavy atom. The van der Waals surface area contributed by atoms with Crippen LogP contribution in [0.1, 0.15) is 60.8 Å². The lowest BCUT2D eigenvalue weighted by atomic mass is 9.86. The SMILES string of the molecule is CC(C)CC(C)N1CC(C)(C2CC2)NCC1C(C)C. The summed E-state index contributed by atoms with van der Waals surface area (Å²) in [5.41, 5.74) is 0.372. The molecular formula is C17H34N2. The van der Waals surface area contributed by atoms with E-state index < -0.39 is 0 Å². The number of hydrogen-bond donors (Lipinski definition) is 1. The maximum Gasteiger partial charge on any atom is 0.0309 e. The van der Waals surface area contributed by atoms with E-state index in [0.717, 1.165) is 17.8 Å². The van der Waals surface area contributed by atoms with Crippen molar-refractivity contribution in [2.45, 2.75) is 78.4 Å². The summed E-state index contributed by atoms with van der Waals surface area (Å²) in [6, 6.07) is 1.42. The highest BCUT2D eigenvalue weighted by molar-refractivity contribution is 5.05. The lowest BCUT2D eigenvalue weighted by Crippen LogP contribution is -2.66. The molecule has 1 saturated carbocycles. The second-order valence-corrected chi connectivity index (χ2v) is 8.03. The minimum Gasteiger partial charge on any atom is -0.308 e. The molecule has 112 valence electrons. The van der Waals surface area contributed by atoms with Crippen molar-refractivity contribution >= 4 is 0 Å². The van der Waals surface area contributed by atoms with Gasteiger partial charge in [0.25, 0.3) is 0 Å². The van der Waals surface area contributed by atoms with Crippen LogP contribution >= 0.6 is 0 Å². The number of nitrogens with one attached hydrogen (secondary N) is 1. The van der Waals surface area contributed by atoms with E-state index in [1.807, 2.05) is 0 Å². The molecule has 2 heteroatoms. The third-order valence-corrected chi connectivity index (χ3v) is 5.28. The molecule has 0 aromatic rings. The van der Waals surface area contributed by atoms with Crippen molar-refractivity contribution in [2.24, 2.45) is 17.8 Å². The molecule has 2 rings (SSSR count). The van der Waals surface area contributed by atoms with Crippen molar-refractivity contribution in [3.63, 3.8) is 0 Å². The number of piperazine rings is 1. The van der Waals surface area contributed by atoms with Crippen LogP contribution in [0.4, 0.5) is 0 Å². The summed E-state index contributed by atoms with van der Waals surface area (Å²) in [4.78, 5) is 2.82. The van der Waals surface area contributed by atoms with Gasteiger partial charge in [-0.2, -0.15) is 0 Å². The number of rotatable bonds is 5. The Labute approximate surface area is 120 Å². The Balaban J connectivity index is 2.07. The van der Waals surface area contributed by atoms with Crippen LogP contribution in [-0.4, -0.2) is 35.6 Å². The summed E-state index contributed by atoms with van der Waals surface area (Å²) in [6.07, 6.45) is 4.19. The molecule has 0 bridgehead atoms. The average Bonchev–Trinajstić information content (AvgIpc) is 3.11. The Kier molecular flexibility index (Phi) is 4.62. The topological polar surface area (TPSA) is 15.3 Å². The van der Waals surface area contributed by atoms with Gasteiger partial charge in [-0.25, -0.2) is 0 Å². The fourth-order valence-corrected chi connectivity index (χ4v) is 3.92. The van der Waals surface area contributed by atoms with E-state index in [9.17, 15) is 0 Å². The molecule has 0 aromatic heterocycles. The molecule has 1 N–H and O–H groups in total. The zero-order valence-electron chi connectivity index (χ0n) is 13.9. The van der Waals surface area contributed by atoms with Crippen LogP contribution in [0.2, 0.25) is 0 Å². The summed E-state index contributed by atoms with van der Waals surface area (Å²) in [5.74, 6) is 2.46. The van der Waals surface area contributed by atoms with Gasteiger partial charge in [0.2, 0.25) is 0 Å². The average molecular weight is 266 g/mol. The van der Waals surface area contributed by atoms with Gasteiger partial charge in [-0.05, 0) is 50.9 Å². The van der Waals surface area contributed by atoms with E-state index in [1.54, 1.807) is 0 Å². The Morgan fingerprint density at radius 3 is 2.26 bits per heavy atom. The molecule has 3 atom stereocenters. The van der Waals surface area contributed by atoms with E-state index in [2.05, 4.69) is 51.8 Å². The summed E-state index contributed by atoms with van der Waals surface area (Å²) in [6.45, 7) is 16.8. The Hall–Kier alpha value is -0.0800. The molecule has 3 unspecified atom stereocenters. The Bertz CT molecular complexity index is 296. The predicted molar refractivity (Wildman–Crippen MR) is 83.4 cm³/mol. The third kappa shape index (κ3) is 3.52. The first-order valence-corrected chi connectivity index (χ1v) is 8.34. The monoisotopic (exact) mass is 266 g/mol. The first-order chi connectivity index (χ1) is 8.83. The molecule has 1 heterocycles. The zero-order valence-corrected chi connectivity index (χ0v) is 13.9. The third-order valence-electron chi connectivity index (χ3n) is 5.28. The van der Waals surface area contributed by atoms with Crippen LogP contribution in [0, 0.1) is 17.8 Å². The van der Waals surface area contributed by atoms with Crippen molar-refractivity contribution < 1.29 is 0 Å². The van der Waals surface area contributed by atoms with Crippen molar-refractivity contribution in [1.82, 2.24) is 10.2 Å². The second kappa shape index (κ2) is 5.73. The predicted octanol–water partition coefficient (Wildman–Crippen LogP) is 3.52. The van der Waals surface area contributed by atoms with Gasteiger partial charge in [-0.1, -0.05) is 27.7 Å². The van der Waals surface area contributed by atoms with Gasteiger partial charge in [0.1, 0.15) is 0 Å². The number of nitrogens with zero attached hydrogens (tertiary/aromatic N) is 1. The van der Waals surface area contributed by atoms with Crippen molar-refractivity contribution in [2.75, 3.05) is 13.1 Å². The second-order valence-electron chi connectivity index (χ2n) is 8.03. The lowest BCUT2D eigenvalue weighted by molar-refractivity contribution is 0.0175. The molecule has 0 aromatic carbocycles. The van der Waals surface area contributed by atoms with Gasteiger partial charge in [-0.3, -0.25) is 4.90 Å². The van der Waals surface area contributed by atoms with Gasteiger partial charge in [0, 0.05) is 30.7 Å².